The lowest BCUT2D eigenvalue weighted by Crippen LogP contribution is -2.05. The number of aryl methyl sites for hydroxylation is 2. The van der Waals surface area contributed by atoms with Crippen molar-refractivity contribution in [2.45, 2.75) is 38.5 Å². The largest absolute Gasteiger partial charge is 0.493 e. The topological polar surface area (TPSA) is 86.5 Å². The van der Waals surface area contributed by atoms with Crippen molar-refractivity contribution < 1.29 is 13.2 Å². The zero-order valence-corrected chi connectivity index (χ0v) is 18.5. The summed E-state index contributed by atoms with van der Waals surface area (Å²) < 4.78 is 30.8. The lowest BCUT2D eigenvalue weighted by atomic mass is 10.2. The quantitative estimate of drug-likeness (QED) is 0.407. The fourth-order valence-electron chi connectivity index (χ4n) is 2.80. The van der Waals surface area contributed by atoms with Crippen LogP contribution in [-0.2, 0) is 15.5 Å². The lowest BCUT2D eigenvalue weighted by Gasteiger charge is -2.11. The van der Waals surface area contributed by atoms with Crippen LogP contribution in [-0.4, -0.2) is 34.6 Å². The van der Waals surface area contributed by atoms with Crippen molar-refractivity contribution in [3.05, 3.63) is 34.9 Å². The van der Waals surface area contributed by atoms with Crippen molar-refractivity contribution in [2.75, 3.05) is 6.61 Å². The van der Waals surface area contributed by atoms with Crippen molar-refractivity contribution in [1.82, 2.24) is 19.6 Å². The molecule has 2 heterocycles. The SMILES string of the molecule is C#C.CCCc1nc(C)c2c(Cl)nc(-c3cc(S(=O)(=O)Cl)ccc3OCC)nn12. The summed E-state index contributed by atoms with van der Waals surface area (Å²) in [6.07, 6.45) is 9.61. The normalized spacial score (nSPS) is 11.1. The molecule has 29 heavy (non-hydrogen) atoms. The predicted molar refractivity (Wildman–Crippen MR) is 114 cm³/mol. The van der Waals surface area contributed by atoms with Crippen molar-refractivity contribution in [2.24, 2.45) is 0 Å². The summed E-state index contributed by atoms with van der Waals surface area (Å²) in [4.78, 5) is 8.79. The minimum atomic E-state index is -3.92. The first-order valence-corrected chi connectivity index (χ1v) is 11.4. The summed E-state index contributed by atoms with van der Waals surface area (Å²) in [5, 5.41) is 4.78. The van der Waals surface area contributed by atoms with Gasteiger partial charge in [0.05, 0.1) is 22.8 Å². The van der Waals surface area contributed by atoms with Crippen molar-refractivity contribution in [3.63, 3.8) is 0 Å². The van der Waals surface area contributed by atoms with Crippen LogP contribution >= 0.6 is 22.3 Å². The zero-order valence-electron chi connectivity index (χ0n) is 16.2. The van der Waals surface area contributed by atoms with Crippen molar-refractivity contribution in [1.29, 1.82) is 0 Å². The molecule has 1 aromatic carbocycles. The van der Waals surface area contributed by atoms with Gasteiger partial charge < -0.3 is 4.74 Å². The molecule has 154 valence electrons. The molecule has 3 aromatic rings. The minimum Gasteiger partial charge on any atom is -0.493 e. The van der Waals surface area contributed by atoms with E-state index < -0.39 is 9.05 Å². The van der Waals surface area contributed by atoms with Gasteiger partial charge in [-0.25, -0.2) is 22.9 Å². The van der Waals surface area contributed by atoms with E-state index in [4.69, 9.17) is 27.0 Å². The van der Waals surface area contributed by atoms with Gasteiger partial charge in [0.15, 0.2) is 11.0 Å². The molecule has 0 saturated heterocycles. The van der Waals surface area contributed by atoms with Crippen LogP contribution in [0.5, 0.6) is 5.75 Å². The number of fused-ring (bicyclic) bond motifs is 1. The lowest BCUT2D eigenvalue weighted by molar-refractivity contribution is 0.341. The molecule has 0 bridgehead atoms. The number of hydrogen-bond donors (Lipinski definition) is 0. The molecule has 10 heteroatoms. The smallest absolute Gasteiger partial charge is 0.261 e. The highest BCUT2D eigenvalue weighted by molar-refractivity contribution is 8.13. The Morgan fingerprint density at radius 2 is 1.90 bits per heavy atom. The fraction of sp³-hybridized carbons (Fsp3) is 0.316. The molecule has 2 aromatic heterocycles. The Morgan fingerprint density at radius 1 is 1.21 bits per heavy atom. The summed E-state index contributed by atoms with van der Waals surface area (Å²) in [5.41, 5.74) is 1.75. The molecule has 0 aliphatic carbocycles. The molecule has 0 aliphatic rings. The standard InChI is InChI=1S/C17H18Cl2N4O3S.C2H2/c1-4-6-14-20-10(3)15-16(18)21-17(22-23(14)15)12-9-11(27(19,24)25)7-8-13(12)26-5-2;1-2/h7-9H,4-6H2,1-3H3;1-2H. The summed E-state index contributed by atoms with van der Waals surface area (Å²) in [6.45, 7) is 6.10. The molecule has 0 amide bonds. The molecule has 0 atom stereocenters. The summed E-state index contributed by atoms with van der Waals surface area (Å²) in [7, 11) is 1.57. The predicted octanol–water partition coefficient (Wildman–Crippen LogP) is 4.28. The van der Waals surface area contributed by atoms with Crippen LogP contribution in [0.15, 0.2) is 23.1 Å². The average molecular weight is 455 g/mol. The van der Waals surface area contributed by atoms with E-state index in [1.165, 1.54) is 18.2 Å². The van der Waals surface area contributed by atoms with Gasteiger partial charge in [-0.15, -0.1) is 17.9 Å². The van der Waals surface area contributed by atoms with Gasteiger partial charge in [-0.05, 0) is 38.5 Å². The summed E-state index contributed by atoms with van der Waals surface area (Å²) >= 11 is 6.39. The Labute approximate surface area is 179 Å². The van der Waals surface area contributed by atoms with E-state index in [1.807, 2.05) is 20.8 Å². The number of aromatic nitrogens is 4. The van der Waals surface area contributed by atoms with Gasteiger partial charge in [0, 0.05) is 17.1 Å². The van der Waals surface area contributed by atoms with Gasteiger partial charge in [0.25, 0.3) is 9.05 Å². The van der Waals surface area contributed by atoms with E-state index in [2.05, 4.69) is 27.9 Å². The number of halogens is 2. The molecule has 0 spiro atoms. The average Bonchev–Trinajstić information content (AvgIpc) is 2.99. The number of ether oxygens (including phenoxy) is 1. The van der Waals surface area contributed by atoms with Crippen LogP contribution < -0.4 is 4.74 Å². The second-order valence-electron chi connectivity index (χ2n) is 5.88. The molecule has 0 unspecified atom stereocenters. The molecule has 7 nitrogen and oxygen atoms in total. The Morgan fingerprint density at radius 3 is 2.48 bits per heavy atom. The Balaban J connectivity index is 0.00000145. The first-order valence-electron chi connectivity index (χ1n) is 8.73. The highest BCUT2D eigenvalue weighted by atomic mass is 35.7. The Bertz CT molecular complexity index is 1160. The van der Waals surface area contributed by atoms with Crippen LogP contribution in [0.3, 0.4) is 0 Å². The molecule has 0 radical (unpaired) electrons. The number of hydrogen-bond acceptors (Lipinski definition) is 6. The van der Waals surface area contributed by atoms with Crippen LogP contribution in [0.1, 0.15) is 31.8 Å². The number of benzene rings is 1. The van der Waals surface area contributed by atoms with Crippen LogP contribution in [0.25, 0.3) is 16.9 Å². The maximum atomic E-state index is 11.8. The van der Waals surface area contributed by atoms with Crippen molar-refractivity contribution >= 4 is 36.9 Å². The molecule has 3 rings (SSSR count). The van der Waals surface area contributed by atoms with Gasteiger partial charge in [0.1, 0.15) is 17.1 Å². The van der Waals surface area contributed by atoms with Crippen LogP contribution in [0.4, 0.5) is 0 Å². The molecular weight excluding hydrogens is 435 g/mol. The number of nitrogens with zero attached hydrogens (tertiary/aromatic N) is 4. The highest BCUT2D eigenvalue weighted by Gasteiger charge is 2.20. The van der Waals surface area contributed by atoms with Crippen LogP contribution in [0, 0.1) is 19.8 Å². The Hall–Kier alpha value is -2.34. The van der Waals surface area contributed by atoms with E-state index in [0.717, 1.165) is 24.4 Å². The first kappa shape index (κ1) is 22.9. The Kier molecular flexibility index (Phi) is 7.47. The highest BCUT2D eigenvalue weighted by Crippen LogP contribution is 2.33. The first-order chi connectivity index (χ1) is 13.8. The van der Waals surface area contributed by atoms with Gasteiger partial charge in [-0.3, -0.25) is 0 Å². The molecule has 0 aliphatic heterocycles. The monoisotopic (exact) mass is 454 g/mol. The van der Waals surface area contributed by atoms with Crippen molar-refractivity contribution in [3.8, 4) is 30.0 Å². The van der Waals surface area contributed by atoms with E-state index in [9.17, 15) is 8.42 Å². The van der Waals surface area contributed by atoms with Gasteiger partial charge in [-0.1, -0.05) is 18.5 Å². The third kappa shape index (κ3) is 4.81. The zero-order chi connectivity index (χ0) is 21.8. The van der Waals surface area contributed by atoms with E-state index in [-0.39, 0.29) is 15.9 Å². The van der Waals surface area contributed by atoms with Crippen LogP contribution in [0.2, 0.25) is 5.15 Å². The fourth-order valence-corrected chi connectivity index (χ4v) is 3.87. The number of imidazole rings is 1. The second-order valence-corrected chi connectivity index (χ2v) is 8.80. The third-order valence-electron chi connectivity index (χ3n) is 3.94. The second kappa shape index (κ2) is 9.44. The maximum Gasteiger partial charge on any atom is 0.261 e. The minimum absolute atomic E-state index is 0.0713. The van der Waals surface area contributed by atoms with E-state index >= 15 is 0 Å². The number of terminal acetylenes is 1. The van der Waals surface area contributed by atoms with E-state index in [1.54, 1.807) is 4.52 Å². The molecule has 0 fully saturated rings. The maximum absolute atomic E-state index is 11.8. The molecule has 0 N–H and O–H groups in total. The van der Waals surface area contributed by atoms with Gasteiger partial charge in [-0.2, -0.15) is 0 Å². The van der Waals surface area contributed by atoms with Gasteiger partial charge >= 0.3 is 0 Å². The molecular formula is C19H20Cl2N4O3S. The summed E-state index contributed by atoms with van der Waals surface area (Å²) in [5.74, 6) is 1.42. The summed E-state index contributed by atoms with van der Waals surface area (Å²) in [6, 6.07) is 4.29. The number of rotatable bonds is 6. The van der Waals surface area contributed by atoms with E-state index in [0.29, 0.717) is 23.4 Å². The third-order valence-corrected chi connectivity index (χ3v) is 5.55. The van der Waals surface area contributed by atoms with Gasteiger partial charge in [0.2, 0.25) is 0 Å². The molecule has 0 saturated carbocycles.